The minimum Gasteiger partial charge on any atom is -0.342 e. The topological polar surface area (TPSA) is 62.7 Å². The second-order valence-electron chi connectivity index (χ2n) is 7.58. The molecule has 0 aliphatic rings. The number of aromatic nitrogens is 3. The van der Waals surface area contributed by atoms with Gasteiger partial charge in [0, 0.05) is 11.4 Å². The molecule has 0 fully saturated rings. The van der Waals surface area contributed by atoms with Gasteiger partial charge in [-0.25, -0.2) is 4.98 Å². The normalized spacial score (nSPS) is 13.4. The Morgan fingerprint density at radius 2 is 1.72 bits per heavy atom. The van der Waals surface area contributed by atoms with E-state index in [-0.39, 0.29) is 18.0 Å². The van der Waals surface area contributed by atoms with Crippen LogP contribution in [-0.2, 0) is 0 Å². The number of carbonyl (C=O) groups excluding carboxylic acids is 1. The smallest absolute Gasteiger partial charge is 0.253 e. The highest BCUT2D eigenvalue weighted by Gasteiger charge is 2.21. The number of benzene rings is 2. The summed E-state index contributed by atoms with van der Waals surface area (Å²) in [5.41, 5.74) is 5.83. The summed E-state index contributed by atoms with van der Waals surface area (Å²) in [7, 11) is 0. The predicted molar refractivity (Wildman–Crippen MR) is 116 cm³/mol. The van der Waals surface area contributed by atoms with Gasteiger partial charge in [-0.2, -0.15) is 0 Å². The van der Waals surface area contributed by atoms with Crippen molar-refractivity contribution in [1.29, 1.82) is 0 Å². The molecular formula is C24H26N4O. The fourth-order valence-corrected chi connectivity index (χ4v) is 4.00. The van der Waals surface area contributed by atoms with Gasteiger partial charge in [0.2, 0.25) is 0 Å². The van der Waals surface area contributed by atoms with Gasteiger partial charge in [0.05, 0.1) is 28.7 Å². The molecule has 0 saturated heterocycles. The van der Waals surface area contributed by atoms with E-state index in [9.17, 15) is 4.79 Å². The molecule has 0 spiro atoms. The maximum Gasteiger partial charge on any atom is 0.253 e. The minimum atomic E-state index is -0.218. The Morgan fingerprint density at radius 3 is 2.45 bits per heavy atom. The number of nitrogens with one attached hydrogen (secondary N) is 2. The Balaban J connectivity index is 1.57. The number of nitrogens with zero attached hydrogens (tertiary/aromatic N) is 2. The number of aromatic amines is 1. The van der Waals surface area contributed by atoms with Crippen LogP contribution >= 0.6 is 0 Å². The maximum absolute atomic E-state index is 13.0. The molecule has 1 amide bonds. The molecule has 2 unspecified atom stereocenters. The van der Waals surface area contributed by atoms with Crippen molar-refractivity contribution < 1.29 is 4.79 Å². The molecule has 5 heteroatoms. The third-order valence-corrected chi connectivity index (χ3v) is 5.56. The van der Waals surface area contributed by atoms with Crippen LogP contribution in [0.25, 0.3) is 11.0 Å². The van der Waals surface area contributed by atoms with Gasteiger partial charge >= 0.3 is 0 Å². The van der Waals surface area contributed by atoms with Crippen molar-refractivity contribution >= 4 is 16.9 Å². The highest BCUT2D eigenvalue weighted by atomic mass is 16.1. The van der Waals surface area contributed by atoms with Crippen molar-refractivity contribution in [3.8, 4) is 0 Å². The summed E-state index contributed by atoms with van der Waals surface area (Å²) in [6.07, 6.45) is 0. The number of fused-ring (bicyclic) bond motifs is 1. The van der Waals surface area contributed by atoms with Gasteiger partial charge in [-0.1, -0.05) is 42.5 Å². The molecule has 2 aromatic carbocycles. The molecule has 2 aromatic heterocycles. The van der Waals surface area contributed by atoms with Crippen molar-refractivity contribution in [3.05, 3.63) is 89.0 Å². The van der Waals surface area contributed by atoms with Crippen LogP contribution in [0.15, 0.2) is 60.7 Å². The highest BCUT2D eigenvalue weighted by Crippen LogP contribution is 2.26. The summed E-state index contributed by atoms with van der Waals surface area (Å²) >= 11 is 0. The average molecular weight is 386 g/mol. The fourth-order valence-electron chi connectivity index (χ4n) is 4.00. The van der Waals surface area contributed by atoms with E-state index in [4.69, 9.17) is 0 Å². The molecular weight excluding hydrogens is 360 g/mol. The van der Waals surface area contributed by atoms with Crippen molar-refractivity contribution in [1.82, 2.24) is 19.9 Å². The molecule has 148 valence electrons. The van der Waals surface area contributed by atoms with E-state index in [2.05, 4.69) is 38.9 Å². The standard InChI is InChI=1S/C24H26N4O/c1-15-14-20(18(4)28(15)17(3)19-10-6-5-7-11-19)24(29)25-16(2)23-26-21-12-8-9-13-22(21)27-23/h5-14,16-17H,1-4H3,(H,25,29)(H,26,27). The summed E-state index contributed by atoms with van der Waals surface area (Å²) in [5, 5.41) is 3.09. The van der Waals surface area contributed by atoms with Crippen LogP contribution in [0.1, 0.15) is 59.1 Å². The monoisotopic (exact) mass is 386 g/mol. The first kappa shape index (κ1) is 19.0. The predicted octanol–water partition coefficient (Wildman–Crippen LogP) is 5.08. The number of aryl methyl sites for hydroxylation is 1. The lowest BCUT2D eigenvalue weighted by atomic mass is 10.1. The van der Waals surface area contributed by atoms with E-state index in [0.29, 0.717) is 5.56 Å². The summed E-state index contributed by atoms with van der Waals surface area (Å²) in [6.45, 7) is 8.16. The summed E-state index contributed by atoms with van der Waals surface area (Å²) in [5.74, 6) is 0.670. The second kappa shape index (κ2) is 7.59. The largest absolute Gasteiger partial charge is 0.342 e. The van der Waals surface area contributed by atoms with Crippen LogP contribution < -0.4 is 5.32 Å². The number of hydrogen-bond acceptors (Lipinski definition) is 2. The van der Waals surface area contributed by atoms with Crippen molar-refractivity contribution in [3.63, 3.8) is 0 Å². The zero-order valence-electron chi connectivity index (χ0n) is 17.2. The molecule has 2 N–H and O–H groups in total. The first-order valence-electron chi connectivity index (χ1n) is 9.94. The molecule has 0 aliphatic carbocycles. The molecule has 2 heterocycles. The quantitative estimate of drug-likeness (QED) is 0.502. The molecule has 0 aliphatic heterocycles. The van der Waals surface area contributed by atoms with Gasteiger partial charge in [0.15, 0.2) is 0 Å². The molecule has 0 saturated carbocycles. The van der Waals surface area contributed by atoms with Crippen molar-refractivity contribution in [2.75, 3.05) is 0 Å². The number of imidazole rings is 1. The molecule has 0 radical (unpaired) electrons. The van der Waals surface area contributed by atoms with E-state index >= 15 is 0 Å². The zero-order valence-corrected chi connectivity index (χ0v) is 17.2. The van der Waals surface area contributed by atoms with E-state index in [1.807, 2.05) is 69.3 Å². The molecule has 4 aromatic rings. The van der Waals surface area contributed by atoms with Crippen LogP contribution in [0.3, 0.4) is 0 Å². The Bertz CT molecular complexity index is 1120. The summed E-state index contributed by atoms with van der Waals surface area (Å²) in [6, 6.07) is 20.1. The first-order chi connectivity index (χ1) is 14.0. The maximum atomic E-state index is 13.0. The van der Waals surface area contributed by atoms with E-state index in [0.717, 1.165) is 28.2 Å². The van der Waals surface area contributed by atoms with E-state index in [1.54, 1.807) is 0 Å². The second-order valence-corrected chi connectivity index (χ2v) is 7.58. The zero-order chi connectivity index (χ0) is 20.5. The van der Waals surface area contributed by atoms with Crippen LogP contribution in [0.2, 0.25) is 0 Å². The minimum absolute atomic E-state index is 0.0856. The molecule has 2 atom stereocenters. The van der Waals surface area contributed by atoms with Gasteiger partial charge in [-0.15, -0.1) is 0 Å². The number of para-hydroxylation sites is 2. The van der Waals surface area contributed by atoms with Gasteiger partial charge in [0.1, 0.15) is 5.82 Å². The Morgan fingerprint density at radius 1 is 1.03 bits per heavy atom. The average Bonchev–Trinajstić information content (AvgIpc) is 3.29. The Kier molecular flexibility index (Phi) is 4.97. The van der Waals surface area contributed by atoms with Gasteiger partial charge in [-0.05, 0) is 51.5 Å². The fraction of sp³-hybridized carbons (Fsp3) is 0.250. The highest BCUT2D eigenvalue weighted by molar-refractivity contribution is 5.96. The van der Waals surface area contributed by atoms with Crippen molar-refractivity contribution in [2.24, 2.45) is 0 Å². The molecule has 29 heavy (non-hydrogen) atoms. The SMILES string of the molecule is Cc1cc(C(=O)NC(C)c2nc3ccccc3[nH]2)c(C)n1C(C)c1ccccc1. The Labute approximate surface area is 170 Å². The van der Waals surface area contributed by atoms with Crippen LogP contribution in [-0.4, -0.2) is 20.4 Å². The number of carbonyl (C=O) groups is 1. The van der Waals surface area contributed by atoms with Crippen LogP contribution in [0, 0.1) is 13.8 Å². The third-order valence-electron chi connectivity index (χ3n) is 5.56. The lowest BCUT2D eigenvalue weighted by molar-refractivity contribution is 0.0937. The number of H-pyrrole nitrogens is 1. The number of amides is 1. The van der Waals surface area contributed by atoms with Crippen LogP contribution in [0.5, 0.6) is 0 Å². The first-order valence-corrected chi connectivity index (χ1v) is 9.94. The summed E-state index contributed by atoms with van der Waals surface area (Å²) in [4.78, 5) is 20.9. The molecule has 5 nitrogen and oxygen atoms in total. The molecule has 0 bridgehead atoms. The van der Waals surface area contributed by atoms with E-state index < -0.39 is 0 Å². The number of hydrogen-bond donors (Lipinski definition) is 2. The van der Waals surface area contributed by atoms with Crippen molar-refractivity contribution in [2.45, 2.75) is 39.8 Å². The lowest BCUT2D eigenvalue weighted by Crippen LogP contribution is -2.27. The van der Waals surface area contributed by atoms with Gasteiger partial charge in [-0.3, -0.25) is 4.79 Å². The van der Waals surface area contributed by atoms with E-state index in [1.165, 1.54) is 5.56 Å². The molecule has 4 rings (SSSR count). The van der Waals surface area contributed by atoms with Gasteiger partial charge < -0.3 is 14.9 Å². The van der Waals surface area contributed by atoms with Gasteiger partial charge in [0.25, 0.3) is 5.91 Å². The Hall–Kier alpha value is -3.34. The summed E-state index contributed by atoms with van der Waals surface area (Å²) < 4.78 is 2.22. The number of rotatable bonds is 5. The van der Waals surface area contributed by atoms with Crippen LogP contribution in [0.4, 0.5) is 0 Å². The third kappa shape index (κ3) is 3.56. The lowest BCUT2D eigenvalue weighted by Gasteiger charge is -2.19.